The SMILES string of the molecule is COc1ccc(S(=O)(=O)N[C@@H](Cc2ccccc2)C(=O)Nc2ccc(Oc3ccccc3)cc2)cc1Cl. The third kappa shape index (κ3) is 7.10. The second-order valence-electron chi connectivity index (χ2n) is 8.09. The summed E-state index contributed by atoms with van der Waals surface area (Å²) >= 11 is 6.13. The number of carbonyl (C=O) groups is 1. The molecule has 0 bridgehead atoms. The van der Waals surface area contributed by atoms with Gasteiger partial charge in [-0.1, -0.05) is 60.1 Å². The number of halogens is 1. The number of anilines is 1. The van der Waals surface area contributed by atoms with Gasteiger partial charge in [0.25, 0.3) is 0 Å². The molecule has 0 heterocycles. The van der Waals surface area contributed by atoms with Gasteiger partial charge in [0, 0.05) is 5.69 Å². The molecule has 0 saturated heterocycles. The number of benzene rings is 4. The van der Waals surface area contributed by atoms with Gasteiger partial charge in [-0.05, 0) is 66.6 Å². The molecule has 190 valence electrons. The first kappa shape index (κ1) is 26.2. The molecule has 4 rings (SSSR count). The smallest absolute Gasteiger partial charge is 0.242 e. The van der Waals surface area contributed by atoms with E-state index in [1.54, 1.807) is 24.3 Å². The summed E-state index contributed by atoms with van der Waals surface area (Å²) in [7, 11) is -2.64. The Bertz CT molecular complexity index is 1450. The van der Waals surface area contributed by atoms with Gasteiger partial charge in [0.2, 0.25) is 15.9 Å². The average molecular weight is 537 g/mol. The largest absolute Gasteiger partial charge is 0.495 e. The number of sulfonamides is 1. The standard InChI is InChI=1S/C28H25ClN2O5S/c1-35-27-17-16-24(19-25(27)29)37(33,34)31-26(18-20-8-4-2-5-9-20)28(32)30-21-12-14-23(15-13-21)36-22-10-6-3-7-11-22/h2-17,19,26,31H,18H2,1H3,(H,30,32)/t26-/m0/s1. The summed E-state index contributed by atoms with van der Waals surface area (Å²) in [6, 6.07) is 28.3. The molecule has 4 aromatic carbocycles. The van der Waals surface area contributed by atoms with Crippen LogP contribution >= 0.6 is 11.6 Å². The van der Waals surface area contributed by atoms with Crippen molar-refractivity contribution in [1.29, 1.82) is 0 Å². The van der Waals surface area contributed by atoms with Crippen LogP contribution < -0.4 is 19.5 Å². The van der Waals surface area contributed by atoms with Crippen molar-refractivity contribution in [1.82, 2.24) is 4.72 Å². The highest BCUT2D eigenvalue weighted by molar-refractivity contribution is 7.89. The first-order valence-corrected chi connectivity index (χ1v) is 13.2. The first-order chi connectivity index (χ1) is 17.8. The molecule has 0 radical (unpaired) electrons. The summed E-state index contributed by atoms with van der Waals surface area (Å²) in [6.07, 6.45) is 0.144. The number of methoxy groups -OCH3 is 1. The minimum Gasteiger partial charge on any atom is -0.495 e. The second kappa shape index (κ2) is 11.9. The molecule has 7 nitrogen and oxygen atoms in total. The molecule has 0 fully saturated rings. The maximum atomic E-state index is 13.3. The van der Waals surface area contributed by atoms with Gasteiger partial charge in [-0.2, -0.15) is 4.72 Å². The van der Waals surface area contributed by atoms with Gasteiger partial charge in [-0.15, -0.1) is 0 Å². The Morgan fingerprint density at radius 3 is 2.11 bits per heavy atom. The van der Waals surface area contributed by atoms with Crippen LogP contribution in [0.1, 0.15) is 5.56 Å². The van der Waals surface area contributed by atoms with Crippen molar-refractivity contribution < 1.29 is 22.7 Å². The van der Waals surface area contributed by atoms with Crippen molar-refractivity contribution in [3.8, 4) is 17.2 Å². The first-order valence-electron chi connectivity index (χ1n) is 11.4. The molecule has 0 unspecified atom stereocenters. The van der Waals surface area contributed by atoms with Crippen LogP contribution in [0.15, 0.2) is 108 Å². The van der Waals surface area contributed by atoms with Crippen LogP contribution in [0.3, 0.4) is 0 Å². The van der Waals surface area contributed by atoms with Crippen LogP contribution in [0.2, 0.25) is 5.02 Å². The number of amides is 1. The molecule has 4 aromatic rings. The Balaban J connectivity index is 1.52. The van der Waals surface area contributed by atoms with E-state index < -0.39 is 22.0 Å². The second-order valence-corrected chi connectivity index (χ2v) is 10.2. The third-order valence-electron chi connectivity index (χ3n) is 5.43. The summed E-state index contributed by atoms with van der Waals surface area (Å²) in [5, 5.41) is 2.94. The Morgan fingerprint density at radius 2 is 1.49 bits per heavy atom. The zero-order valence-corrected chi connectivity index (χ0v) is 21.5. The van der Waals surface area contributed by atoms with E-state index in [4.69, 9.17) is 21.1 Å². The monoisotopic (exact) mass is 536 g/mol. The van der Waals surface area contributed by atoms with Gasteiger partial charge in [-0.25, -0.2) is 8.42 Å². The highest BCUT2D eigenvalue weighted by atomic mass is 35.5. The lowest BCUT2D eigenvalue weighted by atomic mass is 10.1. The lowest BCUT2D eigenvalue weighted by Gasteiger charge is -2.19. The maximum Gasteiger partial charge on any atom is 0.242 e. The maximum absolute atomic E-state index is 13.3. The van der Waals surface area contributed by atoms with Crippen molar-refractivity contribution in [3.63, 3.8) is 0 Å². The molecule has 0 aliphatic carbocycles. The summed E-state index contributed by atoms with van der Waals surface area (Å²) in [5.41, 5.74) is 1.29. The topological polar surface area (TPSA) is 93.7 Å². The van der Waals surface area contributed by atoms with Crippen molar-refractivity contribution in [2.75, 3.05) is 12.4 Å². The average Bonchev–Trinajstić information content (AvgIpc) is 2.90. The molecule has 1 atom stereocenters. The molecule has 0 aromatic heterocycles. The predicted molar refractivity (Wildman–Crippen MR) is 144 cm³/mol. The Labute approximate surface area is 221 Å². The molecule has 0 aliphatic heterocycles. The van der Waals surface area contributed by atoms with Crippen molar-refractivity contribution in [2.45, 2.75) is 17.4 Å². The highest BCUT2D eigenvalue weighted by Crippen LogP contribution is 2.27. The molecule has 2 N–H and O–H groups in total. The lowest BCUT2D eigenvalue weighted by molar-refractivity contribution is -0.117. The van der Waals surface area contributed by atoms with Crippen LogP contribution in [-0.4, -0.2) is 27.5 Å². The van der Waals surface area contributed by atoms with Gasteiger partial charge in [0.05, 0.1) is 17.0 Å². The fraction of sp³-hybridized carbons (Fsp3) is 0.107. The van der Waals surface area contributed by atoms with Gasteiger partial charge >= 0.3 is 0 Å². The number of hydrogen-bond acceptors (Lipinski definition) is 5. The Kier molecular flexibility index (Phi) is 8.45. The van der Waals surface area contributed by atoms with Gasteiger partial charge in [-0.3, -0.25) is 4.79 Å². The van der Waals surface area contributed by atoms with Crippen LogP contribution in [0, 0.1) is 0 Å². The van der Waals surface area contributed by atoms with Crippen molar-refractivity contribution in [2.24, 2.45) is 0 Å². The van der Waals surface area contributed by atoms with E-state index in [-0.39, 0.29) is 16.3 Å². The molecule has 1 amide bonds. The Hall–Kier alpha value is -3.85. The predicted octanol–water partition coefficient (Wildman–Crippen LogP) is 5.67. The van der Waals surface area contributed by atoms with Crippen LogP contribution in [0.25, 0.3) is 0 Å². The van der Waals surface area contributed by atoms with E-state index in [0.29, 0.717) is 22.9 Å². The van der Waals surface area contributed by atoms with Crippen LogP contribution in [0.5, 0.6) is 17.2 Å². The summed E-state index contributed by atoms with van der Waals surface area (Å²) < 4.78 is 39.7. The fourth-order valence-electron chi connectivity index (χ4n) is 3.57. The number of carbonyl (C=O) groups excluding carboxylic acids is 1. The normalized spacial score (nSPS) is 11.9. The fourth-order valence-corrected chi connectivity index (χ4v) is 5.11. The van der Waals surface area contributed by atoms with E-state index >= 15 is 0 Å². The van der Waals surface area contributed by atoms with Gasteiger partial charge in [0.1, 0.15) is 23.3 Å². The minimum absolute atomic E-state index is 0.0772. The zero-order chi connectivity index (χ0) is 26.3. The lowest BCUT2D eigenvalue weighted by Crippen LogP contribution is -2.45. The van der Waals surface area contributed by atoms with E-state index in [2.05, 4.69) is 10.0 Å². The molecule has 0 aliphatic rings. The van der Waals surface area contributed by atoms with Crippen molar-refractivity contribution in [3.05, 3.63) is 114 Å². The zero-order valence-electron chi connectivity index (χ0n) is 19.9. The molecular weight excluding hydrogens is 512 g/mol. The van der Waals surface area contributed by atoms with E-state index in [1.807, 2.05) is 60.7 Å². The summed E-state index contributed by atoms with van der Waals surface area (Å²) in [6.45, 7) is 0. The molecular formula is C28H25ClN2O5S. The molecule has 37 heavy (non-hydrogen) atoms. The van der Waals surface area contributed by atoms with E-state index in [0.717, 1.165) is 5.56 Å². The van der Waals surface area contributed by atoms with E-state index in [1.165, 1.54) is 25.3 Å². The number of rotatable bonds is 10. The quantitative estimate of drug-likeness (QED) is 0.272. The molecule has 0 spiro atoms. The van der Waals surface area contributed by atoms with Crippen LogP contribution in [-0.2, 0) is 21.2 Å². The van der Waals surface area contributed by atoms with E-state index in [9.17, 15) is 13.2 Å². The number of ether oxygens (including phenoxy) is 2. The van der Waals surface area contributed by atoms with Crippen molar-refractivity contribution >= 4 is 33.2 Å². The molecule has 0 saturated carbocycles. The number of para-hydroxylation sites is 1. The minimum atomic E-state index is -4.08. The third-order valence-corrected chi connectivity index (χ3v) is 7.20. The number of hydrogen-bond donors (Lipinski definition) is 2. The molecule has 9 heteroatoms. The highest BCUT2D eigenvalue weighted by Gasteiger charge is 2.27. The number of nitrogens with one attached hydrogen (secondary N) is 2. The summed E-state index contributed by atoms with van der Waals surface area (Å²) in [5.74, 6) is 1.13. The van der Waals surface area contributed by atoms with Gasteiger partial charge < -0.3 is 14.8 Å². The van der Waals surface area contributed by atoms with Gasteiger partial charge in [0.15, 0.2) is 0 Å². The summed E-state index contributed by atoms with van der Waals surface area (Å²) in [4.78, 5) is 13.2. The van der Waals surface area contributed by atoms with Crippen LogP contribution in [0.4, 0.5) is 5.69 Å². The Morgan fingerprint density at radius 1 is 0.865 bits per heavy atom.